The third-order valence-electron chi connectivity index (χ3n) is 2.77. The fraction of sp³-hybridized carbons (Fsp3) is 0.167. The Balaban J connectivity index is 2.68. The summed E-state index contributed by atoms with van der Waals surface area (Å²) in [5.74, 6) is -4.75. The van der Waals surface area contributed by atoms with Crippen LogP contribution in [0.5, 0.6) is 0 Å². The quantitative estimate of drug-likeness (QED) is 0.666. The van der Waals surface area contributed by atoms with Gasteiger partial charge in [-0.15, -0.1) is 5.10 Å². The van der Waals surface area contributed by atoms with Gasteiger partial charge in [-0.3, -0.25) is 0 Å². The molecule has 0 radical (unpaired) electrons. The number of aromatic nitrogens is 2. The third kappa shape index (κ3) is 2.37. The van der Waals surface area contributed by atoms with E-state index < -0.39 is 29.1 Å². The van der Waals surface area contributed by atoms with Crippen molar-refractivity contribution in [2.75, 3.05) is 25.2 Å². The van der Waals surface area contributed by atoms with E-state index >= 15 is 0 Å². The zero-order chi connectivity index (χ0) is 15.7. The standard InChI is InChI=1S/C12H11F3N4O2/c1-17-11-9(12(20)21-2)10(16)19(18-11)8-4-6(14)5(13)3-7(8)15/h3-4H,16H2,1-2H3,(H,17,18). The molecule has 1 aromatic carbocycles. The van der Waals surface area contributed by atoms with E-state index in [-0.39, 0.29) is 17.2 Å². The predicted molar refractivity (Wildman–Crippen MR) is 68.7 cm³/mol. The van der Waals surface area contributed by atoms with E-state index in [0.29, 0.717) is 12.1 Å². The minimum absolute atomic E-state index is 0.0171. The molecule has 1 aromatic heterocycles. The number of nitrogens with two attached hydrogens (primary N) is 1. The molecule has 0 aliphatic carbocycles. The second kappa shape index (κ2) is 5.35. The average molecular weight is 300 g/mol. The highest BCUT2D eigenvalue weighted by atomic mass is 19.2. The van der Waals surface area contributed by atoms with Crippen LogP contribution in [0.25, 0.3) is 5.69 Å². The van der Waals surface area contributed by atoms with E-state index in [4.69, 9.17) is 5.73 Å². The van der Waals surface area contributed by atoms with Crippen LogP contribution in [0.3, 0.4) is 0 Å². The minimum Gasteiger partial charge on any atom is -0.465 e. The molecule has 1 heterocycles. The summed E-state index contributed by atoms with van der Waals surface area (Å²) in [7, 11) is 2.59. The van der Waals surface area contributed by atoms with E-state index in [1.165, 1.54) is 7.05 Å². The first-order valence-corrected chi connectivity index (χ1v) is 5.70. The van der Waals surface area contributed by atoms with Crippen molar-refractivity contribution in [3.63, 3.8) is 0 Å². The van der Waals surface area contributed by atoms with Gasteiger partial charge in [0.05, 0.1) is 7.11 Å². The maximum Gasteiger partial charge on any atom is 0.345 e. The smallest absolute Gasteiger partial charge is 0.345 e. The van der Waals surface area contributed by atoms with Crippen molar-refractivity contribution in [1.29, 1.82) is 0 Å². The molecule has 0 saturated carbocycles. The summed E-state index contributed by atoms with van der Waals surface area (Å²) < 4.78 is 45.3. The van der Waals surface area contributed by atoms with Crippen LogP contribution in [0, 0.1) is 17.5 Å². The number of methoxy groups -OCH3 is 1. The van der Waals surface area contributed by atoms with Gasteiger partial charge in [-0.05, 0) is 0 Å². The monoisotopic (exact) mass is 300 g/mol. The number of hydrogen-bond acceptors (Lipinski definition) is 5. The molecule has 0 aliphatic heterocycles. The normalized spacial score (nSPS) is 10.5. The van der Waals surface area contributed by atoms with Crippen molar-refractivity contribution in [2.24, 2.45) is 0 Å². The minimum atomic E-state index is -1.34. The molecule has 0 spiro atoms. The van der Waals surface area contributed by atoms with Gasteiger partial charge < -0.3 is 15.8 Å². The van der Waals surface area contributed by atoms with Crippen molar-refractivity contribution in [3.8, 4) is 5.69 Å². The second-order valence-electron chi connectivity index (χ2n) is 3.98. The molecule has 0 aliphatic rings. The number of nitrogen functional groups attached to an aromatic ring is 1. The summed E-state index contributed by atoms with van der Waals surface area (Å²) in [6.07, 6.45) is 0. The van der Waals surface area contributed by atoms with Crippen molar-refractivity contribution in [3.05, 3.63) is 35.1 Å². The van der Waals surface area contributed by atoms with E-state index in [2.05, 4.69) is 15.2 Å². The number of carbonyl (C=O) groups is 1. The molecule has 112 valence electrons. The summed E-state index contributed by atoms with van der Waals surface area (Å²) in [6, 6.07) is 0.956. The molecule has 2 rings (SSSR count). The topological polar surface area (TPSA) is 82.2 Å². The summed E-state index contributed by atoms with van der Waals surface area (Å²) in [6.45, 7) is 0. The summed E-state index contributed by atoms with van der Waals surface area (Å²) >= 11 is 0. The van der Waals surface area contributed by atoms with Gasteiger partial charge in [0.1, 0.15) is 17.1 Å². The van der Waals surface area contributed by atoms with Crippen LogP contribution in [-0.2, 0) is 4.74 Å². The number of rotatable bonds is 3. The molecule has 0 unspecified atom stereocenters. The van der Waals surface area contributed by atoms with Crippen molar-refractivity contribution in [2.45, 2.75) is 0 Å². The number of carbonyl (C=O) groups excluding carboxylic acids is 1. The van der Waals surface area contributed by atoms with Crippen LogP contribution in [0.15, 0.2) is 12.1 Å². The Bertz CT molecular complexity index is 715. The van der Waals surface area contributed by atoms with Crippen molar-refractivity contribution >= 4 is 17.6 Å². The Morgan fingerprint density at radius 3 is 2.48 bits per heavy atom. The van der Waals surface area contributed by atoms with Gasteiger partial charge in [0.2, 0.25) is 0 Å². The molecule has 0 saturated heterocycles. The molecule has 0 atom stereocenters. The number of halogens is 3. The van der Waals surface area contributed by atoms with E-state index in [1.807, 2.05) is 0 Å². The molecule has 6 nitrogen and oxygen atoms in total. The first-order valence-electron chi connectivity index (χ1n) is 5.70. The average Bonchev–Trinajstić information content (AvgIpc) is 2.79. The highest BCUT2D eigenvalue weighted by molar-refractivity contribution is 5.99. The second-order valence-corrected chi connectivity index (χ2v) is 3.98. The SMILES string of the molecule is CNc1nn(-c2cc(F)c(F)cc2F)c(N)c1C(=O)OC. The van der Waals surface area contributed by atoms with Crippen LogP contribution < -0.4 is 11.1 Å². The molecule has 0 fully saturated rings. The van der Waals surface area contributed by atoms with E-state index in [1.54, 1.807) is 0 Å². The van der Waals surface area contributed by atoms with E-state index in [9.17, 15) is 18.0 Å². The van der Waals surface area contributed by atoms with Crippen LogP contribution in [0.4, 0.5) is 24.8 Å². The molecule has 0 bridgehead atoms. The predicted octanol–water partition coefficient (Wildman–Crippen LogP) is 1.70. The van der Waals surface area contributed by atoms with Gasteiger partial charge >= 0.3 is 5.97 Å². The molecule has 2 aromatic rings. The largest absolute Gasteiger partial charge is 0.465 e. The first-order chi connectivity index (χ1) is 9.90. The maximum absolute atomic E-state index is 13.8. The summed E-state index contributed by atoms with van der Waals surface area (Å²) in [4.78, 5) is 11.6. The van der Waals surface area contributed by atoms with Gasteiger partial charge in [-0.1, -0.05) is 0 Å². The zero-order valence-corrected chi connectivity index (χ0v) is 11.1. The Morgan fingerprint density at radius 2 is 1.90 bits per heavy atom. The summed E-state index contributed by atoms with van der Waals surface area (Å²) in [5, 5.41) is 6.43. The first kappa shape index (κ1) is 14.7. The van der Waals surface area contributed by atoms with Gasteiger partial charge in [-0.2, -0.15) is 0 Å². The fourth-order valence-corrected chi connectivity index (χ4v) is 1.77. The molecule has 21 heavy (non-hydrogen) atoms. The Kier molecular flexibility index (Phi) is 3.74. The van der Waals surface area contributed by atoms with Crippen LogP contribution in [0.2, 0.25) is 0 Å². The van der Waals surface area contributed by atoms with Gasteiger partial charge in [0, 0.05) is 19.2 Å². The van der Waals surface area contributed by atoms with Gasteiger partial charge in [0.15, 0.2) is 23.3 Å². The number of benzene rings is 1. The summed E-state index contributed by atoms with van der Waals surface area (Å²) in [5.41, 5.74) is 5.15. The number of esters is 1. The van der Waals surface area contributed by atoms with Crippen LogP contribution >= 0.6 is 0 Å². The lowest BCUT2D eigenvalue weighted by atomic mass is 10.2. The number of anilines is 2. The van der Waals surface area contributed by atoms with Gasteiger partial charge in [-0.25, -0.2) is 22.6 Å². The Morgan fingerprint density at radius 1 is 1.29 bits per heavy atom. The lowest BCUT2D eigenvalue weighted by Crippen LogP contribution is -2.09. The van der Waals surface area contributed by atoms with Crippen molar-refractivity contribution < 1.29 is 22.7 Å². The van der Waals surface area contributed by atoms with Crippen molar-refractivity contribution in [1.82, 2.24) is 9.78 Å². The number of nitrogens with zero attached hydrogens (tertiary/aromatic N) is 2. The van der Waals surface area contributed by atoms with Crippen LogP contribution in [-0.4, -0.2) is 29.9 Å². The molecule has 9 heteroatoms. The Labute approximate surface area is 117 Å². The van der Waals surface area contributed by atoms with Crippen LogP contribution in [0.1, 0.15) is 10.4 Å². The lowest BCUT2D eigenvalue weighted by Gasteiger charge is -2.06. The number of hydrogen-bond donors (Lipinski definition) is 2. The highest BCUT2D eigenvalue weighted by Crippen LogP contribution is 2.27. The van der Waals surface area contributed by atoms with E-state index in [0.717, 1.165) is 11.8 Å². The highest BCUT2D eigenvalue weighted by Gasteiger charge is 2.25. The molecular weight excluding hydrogens is 289 g/mol. The third-order valence-corrected chi connectivity index (χ3v) is 2.77. The number of ether oxygens (including phenoxy) is 1. The lowest BCUT2D eigenvalue weighted by molar-refractivity contribution is 0.0603. The molecule has 0 amide bonds. The number of nitrogens with one attached hydrogen (secondary N) is 1. The molecular formula is C12H11F3N4O2. The van der Waals surface area contributed by atoms with Gasteiger partial charge in [0.25, 0.3) is 0 Å². The maximum atomic E-state index is 13.8. The fourth-order valence-electron chi connectivity index (χ4n) is 1.77. The Hall–Kier alpha value is -2.71. The molecule has 3 N–H and O–H groups in total. The zero-order valence-electron chi connectivity index (χ0n) is 11.1.